The van der Waals surface area contributed by atoms with Crippen LogP contribution in [0.4, 0.5) is 0 Å². The van der Waals surface area contributed by atoms with E-state index in [9.17, 15) is 9.90 Å². The first-order valence-electron chi connectivity index (χ1n) is 4.19. The highest BCUT2D eigenvalue weighted by Gasteiger charge is 2.07. The highest BCUT2D eigenvalue weighted by Crippen LogP contribution is 2.04. The number of carbonyl (C=O) groups is 1. The molecule has 0 bridgehead atoms. The number of hydrogen-bond donors (Lipinski definition) is 1. The first kappa shape index (κ1) is 9.74. The molecule has 0 aromatic heterocycles. The maximum absolute atomic E-state index is 10.4. The molecule has 0 heterocycles. The van der Waals surface area contributed by atoms with Crippen molar-refractivity contribution in [3.05, 3.63) is 35.4 Å². The fourth-order valence-electron chi connectivity index (χ4n) is 1.09. The van der Waals surface area contributed by atoms with Crippen LogP contribution in [0.1, 0.15) is 11.1 Å². The number of rotatable bonds is 3. The molecule has 3 N–H and O–H groups in total. The van der Waals surface area contributed by atoms with Gasteiger partial charge in [0.15, 0.2) is 0 Å². The third-order valence-electron chi connectivity index (χ3n) is 1.94. The van der Waals surface area contributed by atoms with Crippen LogP contribution >= 0.6 is 0 Å². The minimum atomic E-state index is -1.10. The molecule has 0 aliphatic heterocycles. The van der Waals surface area contributed by atoms with Crippen LogP contribution in [0.25, 0.3) is 0 Å². The average Bonchev–Trinajstić information content (AvgIpc) is 2.08. The highest BCUT2D eigenvalue weighted by atomic mass is 16.4. The molecule has 3 heteroatoms. The van der Waals surface area contributed by atoms with Gasteiger partial charge >= 0.3 is 0 Å². The molecule has 0 spiro atoms. The lowest BCUT2D eigenvalue weighted by atomic mass is 10.1. The monoisotopic (exact) mass is 179 g/mol. The molecule has 0 amide bonds. The third-order valence-corrected chi connectivity index (χ3v) is 1.94. The lowest BCUT2D eigenvalue weighted by Crippen LogP contribution is -2.69. The number of quaternary nitrogens is 1. The Bertz CT molecular complexity index is 292. The second-order valence-corrected chi connectivity index (χ2v) is 3.21. The summed E-state index contributed by atoms with van der Waals surface area (Å²) in [4.78, 5) is 10.4. The first-order chi connectivity index (χ1) is 6.09. The predicted octanol–water partition coefficient (Wildman–Crippen LogP) is -1.10. The van der Waals surface area contributed by atoms with Crippen LogP contribution in [-0.2, 0) is 11.2 Å². The number of carboxylic acids is 1. The van der Waals surface area contributed by atoms with Gasteiger partial charge in [0.2, 0.25) is 0 Å². The summed E-state index contributed by atoms with van der Waals surface area (Å²) in [6.07, 6.45) is 0.433. The SMILES string of the molecule is Cc1ccc(C[C@@H]([NH3+])C(=O)[O-])cc1. The maximum Gasteiger partial charge on any atom is 0.129 e. The lowest BCUT2D eigenvalue weighted by molar-refractivity contribution is -0.437. The molecular weight excluding hydrogens is 166 g/mol. The summed E-state index contributed by atoms with van der Waals surface area (Å²) in [5, 5.41) is 10.4. The van der Waals surface area contributed by atoms with Gasteiger partial charge in [0.25, 0.3) is 0 Å². The Morgan fingerprint density at radius 3 is 2.46 bits per heavy atom. The van der Waals surface area contributed by atoms with Crippen LogP contribution < -0.4 is 10.8 Å². The van der Waals surface area contributed by atoms with Crippen molar-refractivity contribution in [1.29, 1.82) is 0 Å². The lowest BCUT2D eigenvalue weighted by Gasteiger charge is -2.08. The van der Waals surface area contributed by atoms with Crippen molar-refractivity contribution in [2.75, 3.05) is 0 Å². The molecule has 0 saturated carbocycles. The van der Waals surface area contributed by atoms with Gasteiger partial charge in [0.05, 0.1) is 5.97 Å². The van der Waals surface area contributed by atoms with Crippen LogP contribution in [-0.4, -0.2) is 12.0 Å². The van der Waals surface area contributed by atoms with Crippen molar-refractivity contribution in [3.8, 4) is 0 Å². The van der Waals surface area contributed by atoms with E-state index >= 15 is 0 Å². The maximum atomic E-state index is 10.4. The highest BCUT2D eigenvalue weighted by molar-refractivity contribution is 5.69. The molecule has 0 saturated heterocycles. The van der Waals surface area contributed by atoms with E-state index in [0.717, 1.165) is 11.1 Å². The molecule has 0 unspecified atom stereocenters. The van der Waals surface area contributed by atoms with Crippen LogP contribution in [0.2, 0.25) is 0 Å². The van der Waals surface area contributed by atoms with Crippen LogP contribution in [0.15, 0.2) is 24.3 Å². The van der Waals surface area contributed by atoms with Gasteiger partial charge in [-0.25, -0.2) is 0 Å². The zero-order valence-corrected chi connectivity index (χ0v) is 7.62. The summed E-state index contributed by atoms with van der Waals surface area (Å²) in [5.41, 5.74) is 5.64. The van der Waals surface area contributed by atoms with Gasteiger partial charge in [0, 0.05) is 6.42 Å². The van der Waals surface area contributed by atoms with Crippen molar-refractivity contribution < 1.29 is 15.6 Å². The molecule has 1 aromatic rings. The van der Waals surface area contributed by atoms with Crippen molar-refractivity contribution in [2.24, 2.45) is 0 Å². The summed E-state index contributed by atoms with van der Waals surface area (Å²) in [7, 11) is 0. The van der Waals surface area contributed by atoms with Crippen molar-refractivity contribution in [1.82, 2.24) is 0 Å². The topological polar surface area (TPSA) is 67.8 Å². The first-order valence-corrected chi connectivity index (χ1v) is 4.19. The quantitative estimate of drug-likeness (QED) is 0.640. The van der Waals surface area contributed by atoms with Crippen molar-refractivity contribution >= 4 is 5.97 Å². The van der Waals surface area contributed by atoms with Gasteiger partial charge in [-0.05, 0) is 12.5 Å². The van der Waals surface area contributed by atoms with Gasteiger partial charge in [-0.1, -0.05) is 29.8 Å². The molecular formula is C10H13NO2. The molecule has 0 radical (unpaired) electrons. The molecule has 0 aliphatic rings. The summed E-state index contributed by atoms with van der Waals surface area (Å²) < 4.78 is 0. The van der Waals surface area contributed by atoms with E-state index in [4.69, 9.17) is 0 Å². The van der Waals surface area contributed by atoms with Gasteiger partial charge in [-0.2, -0.15) is 0 Å². The Labute approximate surface area is 77.2 Å². The van der Waals surface area contributed by atoms with Crippen molar-refractivity contribution in [2.45, 2.75) is 19.4 Å². The molecule has 1 aromatic carbocycles. The second-order valence-electron chi connectivity index (χ2n) is 3.21. The Balaban J connectivity index is 2.64. The normalized spacial score (nSPS) is 12.5. The molecule has 13 heavy (non-hydrogen) atoms. The number of hydrogen-bond acceptors (Lipinski definition) is 2. The average molecular weight is 179 g/mol. The van der Waals surface area contributed by atoms with Gasteiger partial charge in [-0.15, -0.1) is 0 Å². The van der Waals surface area contributed by atoms with E-state index in [2.05, 4.69) is 5.73 Å². The summed E-state index contributed by atoms with van der Waals surface area (Å²) in [6, 6.07) is 7.07. The van der Waals surface area contributed by atoms with E-state index in [0.29, 0.717) is 6.42 Å². The zero-order chi connectivity index (χ0) is 9.84. The molecule has 0 fully saturated rings. The fourth-order valence-corrected chi connectivity index (χ4v) is 1.09. The van der Waals surface area contributed by atoms with Crippen LogP contribution in [0.5, 0.6) is 0 Å². The van der Waals surface area contributed by atoms with Gasteiger partial charge in [-0.3, -0.25) is 0 Å². The molecule has 1 rings (SSSR count). The Morgan fingerprint density at radius 2 is 2.00 bits per heavy atom. The fraction of sp³-hybridized carbons (Fsp3) is 0.300. The van der Waals surface area contributed by atoms with E-state index in [1.165, 1.54) is 0 Å². The number of aliphatic carboxylic acids is 1. The van der Waals surface area contributed by atoms with E-state index < -0.39 is 12.0 Å². The number of benzene rings is 1. The molecule has 70 valence electrons. The molecule has 3 nitrogen and oxygen atoms in total. The van der Waals surface area contributed by atoms with E-state index in [1.54, 1.807) is 0 Å². The number of carboxylic acid groups (broad SMARTS) is 1. The number of carbonyl (C=O) groups excluding carboxylic acids is 1. The van der Waals surface area contributed by atoms with Crippen LogP contribution in [0.3, 0.4) is 0 Å². The summed E-state index contributed by atoms with van der Waals surface area (Å²) >= 11 is 0. The van der Waals surface area contributed by atoms with E-state index in [1.807, 2.05) is 31.2 Å². The Kier molecular flexibility index (Phi) is 3.03. The van der Waals surface area contributed by atoms with Gasteiger partial charge < -0.3 is 15.6 Å². The number of aryl methyl sites for hydroxylation is 1. The second kappa shape index (κ2) is 4.05. The largest absolute Gasteiger partial charge is 0.544 e. The minimum absolute atomic E-state index is 0.433. The molecule has 1 atom stereocenters. The minimum Gasteiger partial charge on any atom is -0.544 e. The van der Waals surface area contributed by atoms with Crippen LogP contribution in [0, 0.1) is 6.92 Å². The third kappa shape index (κ3) is 2.87. The zero-order valence-electron chi connectivity index (χ0n) is 7.62. The Morgan fingerprint density at radius 1 is 1.46 bits per heavy atom. The molecule has 0 aliphatic carbocycles. The smallest absolute Gasteiger partial charge is 0.129 e. The summed E-state index contributed by atoms with van der Waals surface area (Å²) in [6.45, 7) is 1.99. The van der Waals surface area contributed by atoms with Crippen molar-refractivity contribution in [3.63, 3.8) is 0 Å². The Hall–Kier alpha value is -1.35. The standard InChI is InChI=1S/C10H13NO2/c1-7-2-4-8(5-3-7)6-9(11)10(12)13/h2-5,9H,6,11H2,1H3,(H,12,13)/t9-/m1/s1. The predicted molar refractivity (Wildman–Crippen MR) is 46.6 cm³/mol. The van der Waals surface area contributed by atoms with E-state index in [-0.39, 0.29) is 0 Å². The van der Waals surface area contributed by atoms with Gasteiger partial charge in [0.1, 0.15) is 6.04 Å². The summed E-state index contributed by atoms with van der Waals surface area (Å²) in [5.74, 6) is -1.10.